The van der Waals surface area contributed by atoms with Crippen LogP contribution in [0.15, 0.2) is 36.4 Å². The van der Waals surface area contributed by atoms with Crippen LogP contribution in [0.2, 0.25) is 0 Å². The van der Waals surface area contributed by atoms with E-state index in [0.29, 0.717) is 13.0 Å². The van der Waals surface area contributed by atoms with Gasteiger partial charge in [-0.3, -0.25) is 4.79 Å². The number of rotatable bonds is 5. The van der Waals surface area contributed by atoms with E-state index in [-0.39, 0.29) is 5.91 Å². The van der Waals surface area contributed by atoms with Crippen LogP contribution in [0.5, 0.6) is 5.75 Å². The summed E-state index contributed by atoms with van der Waals surface area (Å²) in [4.78, 5) is 11.6. The normalized spacial score (nSPS) is 12.2. The van der Waals surface area contributed by atoms with Crippen LogP contribution in [0.4, 0.5) is 0 Å². The molecule has 0 aliphatic carbocycles. The van der Waals surface area contributed by atoms with Gasteiger partial charge in [0.2, 0.25) is 5.91 Å². The van der Waals surface area contributed by atoms with Crippen molar-refractivity contribution in [2.75, 3.05) is 7.11 Å². The summed E-state index contributed by atoms with van der Waals surface area (Å²) in [5.74, 6) is 0.731. The predicted molar refractivity (Wildman–Crippen MR) is 80.6 cm³/mol. The molecular formula is C16H20N2O2. The molecule has 1 unspecified atom stereocenters. The number of carbonyl (C=O) groups excluding carboxylic acids is 1. The van der Waals surface area contributed by atoms with Crippen LogP contribution in [-0.4, -0.2) is 19.1 Å². The summed E-state index contributed by atoms with van der Waals surface area (Å²) in [5, 5.41) is 5.09. The van der Waals surface area contributed by atoms with Crippen molar-refractivity contribution >= 4 is 16.7 Å². The fraction of sp³-hybridized carbons (Fsp3) is 0.312. The zero-order valence-electron chi connectivity index (χ0n) is 11.8. The maximum absolute atomic E-state index is 11.6. The molecule has 2 rings (SSSR count). The van der Waals surface area contributed by atoms with Crippen molar-refractivity contribution in [1.29, 1.82) is 0 Å². The van der Waals surface area contributed by atoms with Gasteiger partial charge in [-0.15, -0.1) is 0 Å². The first-order valence-corrected chi connectivity index (χ1v) is 6.74. The third-order valence-corrected chi connectivity index (χ3v) is 3.36. The molecule has 0 fully saturated rings. The van der Waals surface area contributed by atoms with Gasteiger partial charge in [0.15, 0.2) is 0 Å². The average molecular weight is 272 g/mol. The fourth-order valence-corrected chi connectivity index (χ4v) is 2.02. The molecule has 4 heteroatoms. The number of methoxy groups -OCH3 is 1. The highest BCUT2D eigenvalue weighted by Crippen LogP contribution is 2.21. The lowest BCUT2D eigenvalue weighted by Gasteiger charge is -2.10. The zero-order valence-corrected chi connectivity index (χ0v) is 11.8. The molecule has 20 heavy (non-hydrogen) atoms. The molecular weight excluding hydrogens is 252 g/mol. The van der Waals surface area contributed by atoms with Gasteiger partial charge in [-0.2, -0.15) is 0 Å². The van der Waals surface area contributed by atoms with Crippen molar-refractivity contribution in [2.24, 2.45) is 5.73 Å². The maximum atomic E-state index is 11.6. The number of hydrogen-bond donors (Lipinski definition) is 2. The molecule has 4 nitrogen and oxygen atoms in total. The highest BCUT2D eigenvalue weighted by Gasteiger charge is 2.09. The van der Waals surface area contributed by atoms with Crippen LogP contribution in [-0.2, 0) is 11.3 Å². The second-order valence-corrected chi connectivity index (χ2v) is 4.78. The number of ether oxygens (including phenoxy) is 1. The van der Waals surface area contributed by atoms with E-state index in [4.69, 9.17) is 10.5 Å². The van der Waals surface area contributed by atoms with E-state index in [0.717, 1.165) is 22.1 Å². The molecule has 1 amide bonds. The van der Waals surface area contributed by atoms with E-state index in [2.05, 4.69) is 11.4 Å². The molecule has 0 saturated heterocycles. The Labute approximate surface area is 118 Å². The van der Waals surface area contributed by atoms with Gasteiger partial charge in [0.25, 0.3) is 0 Å². The molecule has 0 heterocycles. The number of nitrogens with one attached hydrogen (secondary N) is 1. The van der Waals surface area contributed by atoms with Crippen molar-refractivity contribution in [3.8, 4) is 5.75 Å². The topological polar surface area (TPSA) is 64.4 Å². The molecule has 0 aromatic heterocycles. The highest BCUT2D eigenvalue weighted by atomic mass is 16.5. The third-order valence-electron chi connectivity index (χ3n) is 3.36. The molecule has 0 aliphatic heterocycles. The van der Waals surface area contributed by atoms with Crippen LogP contribution in [0, 0.1) is 0 Å². The van der Waals surface area contributed by atoms with Crippen LogP contribution in [0.25, 0.3) is 10.8 Å². The SMILES string of the molecule is CCC(N)C(=O)NCc1ccc2cc(OC)ccc2c1. The number of carbonyl (C=O) groups is 1. The lowest BCUT2D eigenvalue weighted by Crippen LogP contribution is -2.39. The summed E-state index contributed by atoms with van der Waals surface area (Å²) >= 11 is 0. The van der Waals surface area contributed by atoms with Gasteiger partial charge in [-0.25, -0.2) is 0 Å². The van der Waals surface area contributed by atoms with Gasteiger partial charge < -0.3 is 15.8 Å². The van der Waals surface area contributed by atoms with Crippen molar-refractivity contribution in [3.05, 3.63) is 42.0 Å². The lowest BCUT2D eigenvalue weighted by atomic mass is 10.1. The summed E-state index contributed by atoms with van der Waals surface area (Å²) in [6.45, 7) is 2.39. The summed E-state index contributed by atoms with van der Waals surface area (Å²) < 4.78 is 5.20. The minimum absolute atomic E-state index is 0.109. The summed E-state index contributed by atoms with van der Waals surface area (Å²) in [6.07, 6.45) is 0.642. The first kappa shape index (κ1) is 14.3. The third kappa shape index (κ3) is 3.27. The monoisotopic (exact) mass is 272 g/mol. The Morgan fingerprint density at radius 3 is 2.65 bits per heavy atom. The van der Waals surface area contributed by atoms with E-state index in [1.54, 1.807) is 7.11 Å². The van der Waals surface area contributed by atoms with Crippen LogP contribution < -0.4 is 15.8 Å². The number of amides is 1. The Balaban J connectivity index is 2.10. The Bertz CT molecular complexity index is 610. The van der Waals surface area contributed by atoms with E-state index in [1.165, 1.54) is 0 Å². The Hall–Kier alpha value is -2.07. The van der Waals surface area contributed by atoms with Crippen molar-refractivity contribution in [1.82, 2.24) is 5.32 Å². The van der Waals surface area contributed by atoms with E-state index < -0.39 is 6.04 Å². The maximum Gasteiger partial charge on any atom is 0.237 e. The smallest absolute Gasteiger partial charge is 0.237 e. The van der Waals surface area contributed by atoms with Gasteiger partial charge in [0.05, 0.1) is 13.2 Å². The second-order valence-electron chi connectivity index (χ2n) is 4.78. The molecule has 0 radical (unpaired) electrons. The number of nitrogens with two attached hydrogens (primary N) is 1. The van der Waals surface area contributed by atoms with Gasteiger partial charge in [0, 0.05) is 6.54 Å². The quantitative estimate of drug-likeness (QED) is 0.877. The first-order chi connectivity index (χ1) is 9.63. The Kier molecular flexibility index (Phi) is 4.58. The minimum Gasteiger partial charge on any atom is -0.497 e. The summed E-state index contributed by atoms with van der Waals surface area (Å²) in [6, 6.07) is 11.6. The molecule has 0 aliphatic rings. The van der Waals surface area contributed by atoms with E-state index >= 15 is 0 Å². The summed E-state index contributed by atoms with van der Waals surface area (Å²) in [7, 11) is 1.65. The molecule has 3 N–H and O–H groups in total. The van der Waals surface area contributed by atoms with Crippen molar-refractivity contribution < 1.29 is 9.53 Å². The number of hydrogen-bond acceptors (Lipinski definition) is 3. The minimum atomic E-state index is -0.431. The Morgan fingerprint density at radius 2 is 1.95 bits per heavy atom. The molecule has 0 bridgehead atoms. The van der Waals surface area contributed by atoms with Crippen LogP contribution in [0.1, 0.15) is 18.9 Å². The number of fused-ring (bicyclic) bond motifs is 1. The van der Waals surface area contributed by atoms with Gasteiger partial charge in [-0.05, 0) is 41.0 Å². The van der Waals surface area contributed by atoms with Gasteiger partial charge in [0.1, 0.15) is 5.75 Å². The van der Waals surface area contributed by atoms with Crippen LogP contribution in [0.3, 0.4) is 0 Å². The van der Waals surface area contributed by atoms with E-state index in [9.17, 15) is 4.79 Å². The number of benzene rings is 2. The molecule has 2 aromatic rings. The predicted octanol–water partition coefficient (Wildman–Crippen LogP) is 2.20. The molecule has 0 saturated carbocycles. The zero-order chi connectivity index (χ0) is 14.5. The second kappa shape index (κ2) is 6.39. The molecule has 2 aromatic carbocycles. The summed E-state index contributed by atoms with van der Waals surface area (Å²) in [5.41, 5.74) is 6.73. The molecule has 106 valence electrons. The van der Waals surface area contributed by atoms with Gasteiger partial charge >= 0.3 is 0 Å². The Morgan fingerprint density at radius 1 is 1.25 bits per heavy atom. The lowest BCUT2D eigenvalue weighted by molar-refractivity contribution is -0.122. The van der Waals surface area contributed by atoms with Crippen LogP contribution >= 0.6 is 0 Å². The fourth-order valence-electron chi connectivity index (χ4n) is 2.02. The average Bonchev–Trinajstić information content (AvgIpc) is 2.50. The van der Waals surface area contributed by atoms with Gasteiger partial charge in [-0.1, -0.05) is 25.1 Å². The standard InChI is InChI=1S/C16H20N2O2/c1-3-15(17)16(19)18-10-11-4-5-13-9-14(20-2)7-6-12(13)8-11/h4-9,15H,3,10,17H2,1-2H3,(H,18,19). The van der Waals surface area contributed by atoms with Crippen molar-refractivity contribution in [2.45, 2.75) is 25.9 Å². The van der Waals surface area contributed by atoms with E-state index in [1.807, 2.05) is 37.3 Å². The molecule has 0 spiro atoms. The molecule has 1 atom stereocenters. The van der Waals surface area contributed by atoms with Crippen molar-refractivity contribution in [3.63, 3.8) is 0 Å². The largest absolute Gasteiger partial charge is 0.497 e. The first-order valence-electron chi connectivity index (χ1n) is 6.74. The highest BCUT2D eigenvalue weighted by molar-refractivity contribution is 5.85.